The maximum absolute atomic E-state index is 13.8. The van der Waals surface area contributed by atoms with E-state index in [9.17, 15) is 18.0 Å². The Hall–Kier alpha value is -4.48. The topological polar surface area (TPSA) is 109 Å². The smallest absolute Gasteiger partial charge is 0.417 e. The van der Waals surface area contributed by atoms with Crippen LogP contribution in [0, 0.1) is 6.92 Å². The number of ether oxygens (including phenoxy) is 1. The number of aromatic nitrogens is 5. The lowest BCUT2D eigenvalue weighted by Gasteiger charge is -2.31. The predicted molar refractivity (Wildman–Crippen MR) is 137 cm³/mol. The van der Waals surface area contributed by atoms with Gasteiger partial charge in [0.05, 0.1) is 5.56 Å². The molecule has 1 fully saturated rings. The van der Waals surface area contributed by atoms with Gasteiger partial charge in [-0.25, -0.2) is 14.8 Å². The van der Waals surface area contributed by atoms with E-state index in [2.05, 4.69) is 30.5 Å². The largest absolute Gasteiger partial charge is 0.445 e. The molecule has 1 aliphatic heterocycles. The van der Waals surface area contributed by atoms with Crippen molar-refractivity contribution in [2.24, 2.45) is 0 Å². The molecule has 39 heavy (non-hydrogen) atoms. The molecule has 3 heterocycles. The Labute approximate surface area is 222 Å². The standard InChI is InChI=1S/C27H26F3N7O2/c1-17-31-25(36-35-17)34-23-15-22(32-24(33-23)20-9-5-6-10-21(20)27(28,29)30)19-11-13-37(14-12-19)26(38)39-16-18-7-3-2-4-8-18/h2-10,15,19H,11-14,16H2,1H3,(H2,31,32,33,34,35,36). The number of carbonyl (C=O) groups is 1. The highest BCUT2D eigenvalue weighted by molar-refractivity contribution is 5.68. The summed E-state index contributed by atoms with van der Waals surface area (Å²) >= 11 is 0. The first-order chi connectivity index (χ1) is 18.8. The fourth-order valence-electron chi connectivity index (χ4n) is 4.47. The molecule has 2 N–H and O–H groups in total. The van der Waals surface area contributed by atoms with E-state index in [0.717, 1.165) is 11.6 Å². The third kappa shape index (κ3) is 6.33. The number of rotatable bonds is 6. The number of anilines is 2. The average Bonchev–Trinajstić information content (AvgIpc) is 3.36. The summed E-state index contributed by atoms with van der Waals surface area (Å²) < 4.78 is 46.8. The molecule has 0 aliphatic carbocycles. The Bertz CT molecular complexity index is 1430. The van der Waals surface area contributed by atoms with Crippen LogP contribution in [0.1, 0.15) is 41.4 Å². The summed E-state index contributed by atoms with van der Waals surface area (Å²) in [5.41, 5.74) is 0.528. The maximum Gasteiger partial charge on any atom is 0.417 e. The van der Waals surface area contributed by atoms with Gasteiger partial charge in [-0.2, -0.15) is 18.2 Å². The van der Waals surface area contributed by atoms with Crippen molar-refractivity contribution in [1.29, 1.82) is 0 Å². The molecule has 0 saturated carbocycles. The van der Waals surface area contributed by atoms with Crippen LogP contribution in [0.2, 0.25) is 0 Å². The SMILES string of the molecule is Cc1nc(Nc2cc(C3CCN(C(=O)OCc4ccccc4)CC3)nc(-c3ccccc3C(F)(F)F)n2)n[nH]1. The Kier molecular flexibility index (Phi) is 7.44. The normalized spacial score (nSPS) is 14.3. The van der Waals surface area contributed by atoms with Gasteiger partial charge in [-0.1, -0.05) is 48.5 Å². The third-order valence-electron chi connectivity index (χ3n) is 6.43. The van der Waals surface area contributed by atoms with Crippen molar-refractivity contribution in [3.05, 3.63) is 83.3 Å². The van der Waals surface area contributed by atoms with Gasteiger partial charge in [-0.05, 0) is 31.4 Å². The molecule has 5 rings (SSSR count). The zero-order valence-electron chi connectivity index (χ0n) is 21.1. The van der Waals surface area contributed by atoms with Crippen LogP contribution in [0.5, 0.6) is 0 Å². The lowest BCUT2D eigenvalue weighted by Crippen LogP contribution is -2.38. The van der Waals surface area contributed by atoms with Crippen LogP contribution in [-0.4, -0.2) is 49.2 Å². The molecular formula is C27H26F3N7O2. The highest BCUT2D eigenvalue weighted by Crippen LogP contribution is 2.37. The summed E-state index contributed by atoms with van der Waals surface area (Å²) in [4.78, 5) is 27.4. The number of aromatic amines is 1. The molecular weight excluding hydrogens is 511 g/mol. The number of piperidine rings is 1. The lowest BCUT2D eigenvalue weighted by molar-refractivity contribution is -0.137. The minimum Gasteiger partial charge on any atom is -0.445 e. The Morgan fingerprint density at radius 3 is 2.46 bits per heavy atom. The second-order valence-corrected chi connectivity index (χ2v) is 9.22. The quantitative estimate of drug-likeness (QED) is 0.318. The first-order valence-corrected chi connectivity index (χ1v) is 12.4. The summed E-state index contributed by atoms with van der Waals surface area (Å²) in [6.45, 7) is 2.77. The zero-order valence-corrected chi connectivity index (χ0v) is 21.1. The van der Waals surface area contributed by atoms with Gasteiger partial charge in [0.25, 0.3) is 0 Å². The molecule has 1 aliphatic rings. The molecule has 4 aromatic rings. The number of nitrogens with zero attached hydrogens (tertiary/aromatic N) is 5. The van der Waals surface area contributed by atoms with Crippen LogP contribution in [0.25, 0.3) is 11.4 Å². The minimum atomic E-state index is -4.57. The monoisotopic (exact) mass is 537 g/mol. The number of carbonyl (C=O) groups excluding carboxylic acids is 1. The molecule has 12 heteroatoms. The number of benzene rings is 2. The van der Waals surface area contributed by atoms with E-state index in [1.54, 1.807) is 17.9 Å². The molecule has 1 amide bonds. The highest BCUT2D eigenvalue weighted by atomic mass is 19.4. The van der Waals surface area contributed by atoms with Crippen LogP contribution in [-0.2, 0) is 17.5 Å². The molecule has 0 atom stereocenters. The number of hydrogen-bond acceptors (Lipinski definition) is 7. The average molecular weight is 538 g/mol. The zero-order chi connectivity index (χ0) is 27.4. The fraction of sp³-hybridized carbons (Fsp3) is 0.296. The third-order valence-corrected chi connectivity index (χ3v) is 6.43. The van der Waals surface area contributed by atoms with Gasteiger partial charge in [0.15, 0.2) is 5.82 Å². The van der Waals surface area contributed by atoms with E-state index in [0.29, 0.717) is 37.4 Å². The Balaban J connectivity index is 1.36. The van der Waals surface area contributed by atoms with E-state index in [1.807, 2.05) is 30.3 Å². The molecule has 9 nitrogen and oxygen atoms in total. The summed E-state index contributed by atoms with van der Waals surface area (Å²) in [6.07, 6.45) is -3.84. The van der Waals surface area contributed by atoms with Crippen LogP contribution < -0.4 is 5.32 Å². The number of nitrogens with one attached hydrogen (secondary N) is 2. The van der Waals surface area contributed by atoms with Gasteiger partial charge in [-0.3, -0.25) is 5.10 Å². The number of likely N-dealkylation sites (tertiary alicyclic amines) is 1. The molecule has 0 unspecified atom stereocenters. The second-order valence-electron chi connectivity index (χ2n) is 9.22. The fourth-order valence-corrected chi connectivity index (χ4v) is 4.47. The van der Waals surface area contributed by atoms with E-state index in [1.165, 1.54) is 18.2 Å². The minimum absolute atomic E-state index is 0.0557. The first-order valence-electron chi connectivity index (χ1n) is 12.4. The predicted octanol–water partition coefficient (Wildman–Crippen LogP) is 5.85. The van der Waals surface area contributed by atoms with Crippen LogP contribution in [0.15, 0.2) is 60.7 Å². The summed E-state index contributed by atoms with van der Waals surface area (Å²) in [7, 11) is 0. The van der Waals surface area contributed by atoms with Gasteiger partial charge in [0, 0.05) is 36.3 Å². The van der Waals surface area contributed by atoms with Crippen molar-refractivity contribution < 1.29 is 22.7 Å². The van der Waals surface area contributed by atoms with Crippen molar-refractivity contribution in [3.63, 3.8) is 0 Å². The maximum atomic E-state index is 13.8. The molecule has 2 aromatic carbocycles. The molecule has 0 spiro atoms. The summed E-state index contributed by atoms with van der Waals surface area (Å²) in [5, 5.41) is 9.71. The Morgan fingerprint density at radius 1 is 1.05 bits per heavy atom. The first kappa shape index (κ1) is 26.1. The number of H-pyrrole nitrogens is 1. The van der Waals surface area contributed by atoms with E-state index in [-0.39, 0.29) is 35.7 Å². The summed E-state index contributed by atoms with van der Waals surface area (Å²) in [5.74, 6) is 0.928. The molecule has 0 radical (unpaired) electrons. The van der Waals surface area contributed by atoms with Crippen molar-refractivity contribution in [2.75, 3.05) is 18.4 Å². The van der Waals surface area contributed by atoms with Crippen molar-refractivity contribution in [2.45, 2.75) is 38.5 Å². The number of hydrogen-bond donors (Lipinski definition) is 2. The van der Waals surface area contributed by atoms with E-state index in [4.69, 9.17) is 4.74 Å². The van der Waals surface area contributed by atoms with Gasteiger partial charge in [-0.15, -0.1) is 5.10 Å². The molecule has 2 aromatic heterocycles. The molecule has 1 saturated heterocycles. The number of alkyl halides is 3. The second kappa shape index (κ2) is 11.1. The highest BCUT2D eigenvalue weighted by Gasteiger charge is 2.34. The van der Waals surface area contributed by atoms with Crippen LogP contribution >= 0.6 is 0 Å². The summed E-state index contributed by atoms with van der Waals surface area (Å²) in [6, 6.07) is 16.3. The number of aryl methyl sites for hydroxylation is 1. The number of halogens is 3. The van der Waals surface area contributed by atoms with Crippen molar-refractivity contribution in [1.82, 2.24) is 30.0 Å². The van der Waals surface area contributed by atoms with Gasteiger partial charge < -0.3 is 15.0 Å². The van der Waals surface area contributed by atoms with Crippen LogP contribution in [0.3, 0.4) is 0 Å². The van der Waals surface area contributed by atoms with Crippen LogP contribution in [0.4, 0.5) is 29.7 Å². The Morgan fingerprint density at radius 2 is 1.77 bits per heavy atom. The van der Waals surface area contributed by atoms with Gasteiger partial charge in [0.1, 0.15) is 18.2 Å². The van der Waals surface area contributed by atoms with Crippen molar-refractivity contribution >= 4 is 17.9 Å². The molecule has 0 bridgehead atoms. The lowest BCUT2D eigenvalue weighted by atomic mass is 9.93. The number of amides is 1. The van der Waals surface area contributed by atoms with E-state index < -0.39 is 17.8 Å². The van der Waals surface area contributed by atoms with Crippen molar-refractivity contribution in [3.8, 4) is 11.4 Å². The van der Waals surface area contributed by atoms with Gasteiger partial charge >= 0.3 is 12.3 Å². The van der Waals surface area contributed by atoms with Gasteiger partial charge in [0.2, 0.25) is 5.95 Å². The van der Waals surface area contributed by atoms with E-state index >= 15 is 0 Å². The molecule has 202 valence electrons.